The molecular formula is C19H19F2N5. The summed E-state index contributed by atoms with van der Waals surface area (Å²) in [5, 5.41) is 3.23. The molecule has 1 aliphatic rings. The van der Waals surface area contributed by atoms with E-state index in [1.54, 1.807) is 29.8 Å². The van der Waals surface area contributed by atoms with Crippen LogP contribution >= 0.6 is 0 Å². The van der Waals surface area contributed by atoms with E-state index in [2.05, 4.69) is 15.3 Å². The van der Waals surface area contributed by atoms with Gasteiger partial charge in [-0.3, -0.25) is 0 Å². The van der Waals surface area contributed by atoms with Gasteiger partial charge in [-0.2, -0.15) is 0 Å². The summed E-state index contributed by atoms with van der Waals surface area (Å²) < 4.78 is 28.8. The summed E-state index contributed by atoms with van der Waals surface area (Å²) in [5.41, 5.74) is 2.85. The lowest BCUT2D eigenvalue weighted by Gasteiger charge is -2.26. The summed E-state index contributed by atoms with van der Waals surface area (Å²) in [6, 6.07) is 8.89. The summed E-state index contributed by atoms with van der Waals surface area (Å²) in [6.07, 6.45) is 5.20. The Morgan fingerprint density at radius 2 is 2.15 bits per heavy atom. The van der Waals surface area contributed by atoms with Gasteiger partial charge in [0, 0.05) is 18.6 Å². The molecule has 5 nitrogen and oxygen atoms in total. The number of nitrogens with one attached hydrogen (secondary N) is 1. The van der Waals surface area contributed by atoms with Crippen molar-refractivity contribution < 1.29 is 8.78 Å². The Kier molecular flexibility index (Phi) is 4.28. The quantitative estimate of drug-likeness (QED) is 0.762. The van der Waals surface area contributed by atoms with Gasteiger partial charge in [-0.1, -0.05) is 12.1 Å². The van der Waals surface area contributed by atoms with Crippen LogP contribution in [-0.4, -0.2) is 26.1 Å². The van der Waals surface area contributed by atoms with Gasteiger partial charge in [0.1, 0.15) is 30.0 Å². The molecule has 1 atom stereocenters. The number of rotatable bonds is 5. The molecule has 1 unspecified atom stereocenters. The van der Waals surface area contributed by atoms with Crippen LogP contribution in [0.15, 0.2) is 48.9 Å². The van der Waals surface area contributed by atoms with Crippen LogP contribution in [0.5, 0.6) is 0 Å². The minimum atomic E-state index is -0.490. The van der Waals surface area contributed by atoms with Crippen molar-refractivity contribution >= 4 is 11.2 Å². The fourth-order valence-corrected chi connectivity index (χ4v) is 3.23. The maximum absolute atomic E-state index is 14.0. The van der Waals surface area contributed by atoms with Crippen LogP contribution in [0, 0.1) is 12.7 Å². The molecule has 26 heavy (non-hydrogen) atoms. The Hall–Kier alpha value is -2.96. The van der Waals surface area contributed by atoms with Crippen molar-refractivity contribution in [3.05, 3.63) is 71.7 Å². The van der Waals surface area contributed by atoms with Gasteiger partial charge < -0.3 is 14.8 Å². The van der Waals surface area contributed by atoms with E-state index >= 15 is 0 Å². The second-order valence-electron chi connectivity index (χ2n) is 6.28. The number of nitrogens with zero attached hydrogens (tertiary/aromatic N) is 4. The van der Waals surface area contributed by atoms with Gasteiger partial charge >= 0.3 is 0 Å². The zero-order valence-corrected chi connectivity index (χ0v) is 14.4. The Bertz CT molecular complexity index is 966. The number of alkyl halides is 1. The Morgan fingerprint density at radius 3 is 2.96 bits per heavy atom. The summed E-state index contributed by atoms with van der Waals surface area (Å²) in [4.78, 5) is 11.0. The van der Waals surface area contributed by atoms with E-state index in [4.69, 9.17) is 0 Å². The Morgan fingerprint density at radius 1 is 1.27 bits per heavy atom. The van der Waals surface area contributed by atoms with Gasteiger partial charge in [-0.15, -0.1) is 0 Å². The smallest absolute Gasteiger partial charge is 0.160 e. The average molecular weight is 355 g/mol. The number of halogens is 2. The van der Waals surface area contributed by atoms with Gasteiger partial charge in [0.05, 0.1) is 13.1 Å². The van der Waals surface area contributed by atoms with Crippen LogP contribution in [0.2, 0.25) is 0 Å². The fourth-order valence-electron chi connectivity index (χ4n) is 3.23. The number of hydrogen-bond donors (Lipinski definition) is 1. The maximum atomic E-state index is 14.0. The first-order valence-corrected chi connectivity index (χ1v) is 8.48. The third kappa shape index (κ3) is 2.89. The molecule has 1 aromatic carbocycles. The van der Waals surface area contributed by atoms with E-state index in [0.717, 1.165) is 16.9 Å². The lowest BCUT2D eigenvalue weighted by molar-refractivity contribution is 0.264. The second-order valence-corrected chi connectivity index (χ2v) is 6.28. The highest BCUT2D eigenvalue weighted by Gasteiger charge is 2.24. The molecule has 0 bridgehead atoms. The molecule has 1 aliphatic heterocycles. The zero-order valence-electron chi connectivity index (χ0n) is 14.4. The van der Waals surface area contributed by atoms with Crippen LogP contribution in [-0.2, 0) is 13.1 Å². The number of aromatic nitrogens is 3. The molecular weight excluding hydrogens is 336 g/mol. The maximum Gasteiger partial charge on any atom is 0.160 e. The van der Waals surface area contributed by atoms with E-state index in [-0.39, 0.29) is 18.5 Å². The topological polar surface area (TPSA) is 46.0 Å². The van der Waals surface area contributed by atoms with Gasteiger partial charge in [0.15, 0.2) is 5.65 Å². The predicted molar refractivity (Wildman–Crippen MR) is 95.2 cm³/mol. The Labute approximate surface area is 150 Å². The number of fused-ring (bicyclic) bond motifs is 1. The molecule has 134 valence electrons. The first-order chi connectivity index (χ1) is 12.7. The molecule has 0 radical (unpaired) electrons. The number of pyridine rings is 1. The molecule has 3 heterocycles. The van der Waals surface area contributed by atoms with Gasteiger partial charge in [-0.05, 0) is 36.2 Å². The van der Waals surface area contributed by atoms with E-state index in [0.29, 0.717) is 17.8 Å². The molecule has 0 spiro atoms. The number of benzene rings is 1. The molecule has 3 aromatic rings. The van der Waals surface area contributed by atoms with Crippen LogP contribution < -0.4 is 5.32 Å². The molecule has 1 N–H and O–H groups in total. The van der Waals surface area contributed by atoms with Crippen molar-refractivity contribution in [2.75, 3.05) is 6.67 Å². The van der Waals surface area contributed by atoms with E-state index < -0.39 is 6.67 Å². The van der Waals surface area contributed by atoms with Crippen molar-refractivity contribution in [1.29, 1.82) is 0 Å². The third-order valence-corrected chi connectivity index (χ3v) is 4.58. The van der Waals surface area contributed by atoms with E-state index in [9.17, 15) is 8.78 Å². The molecule has 7 heteroatoms. The molecule has 0 fully saturated rings. The van der Waals surface area contributed by atoms with Crippen LogP contribution in [0.4, 0.5) is 8.78 Å². The highest BCUT2D eigenvalue weighted by Crippen LogP contribution is 2.26. The van der Waals surface area contributed by atoms with Crippen molar-refractivity contribution in [3.8, 4) is 0 Å². The van der Waals surface area contributed by atoms with Crippen molar-refractivity contribution in [3.63, 3.8) is 0 Å². The van der Waals surface area contributed by atoms with Crippen LogP contribution in [0.1, 0.15) is 23.1 Å². The van der Waals surface area contributed by atoms with Crippen molar-refractivity contribution in [2.24, 2.45) is 0 Å². The van der Waals surface area contributed by atoms with Crippen LogP contribution in [0.3, 0.4) is 0 Å². The summed E-state index contributed by atoms with van der Waals surface area (Å²) in [5.74, 6) is 0.493. The standard InChI is InChI=1S/C19H19F2N5/c1-13-4-5-14(11-15(13)21)18-23-8-10-25(18)12-17-24-16-3-2-7-22-19(16)26(17)9-6-20/h2-5,7-8,10-11,18,23H,6,9,12H2,1H3. The Balaban J connectivity index is 1.65. The van der Waals surface area contributed by atoms with Crippen molar-refractivity contribution in [1.82, 2.24) is 24.8 Å². The average Bonchev–Trinajstić information content (AvgIpc) is 3.23. The minimum absolute atomic E-state index is 0.198. The summed E-state index contributed by atoms with van der Waals surface area (Å²) >= 11 is 0. The fraction of sp³-hybridized carbons (Fsp3) is 0.263. The first kappa shape index (κ1) is 16.5. The van der Waals surface area contributed by atoms with Crippen molar-refractivity contribution in [2.45, 2.75) is 26.2 Å². The number of imidazole rings is 1. The van der Waals surface area contributed by atoms with Gasteiger partial charge in [-0.25, -0.2) is 18.7 Å². The normalized spacial score (nSPS) is 16.4. The molecule has 0 amide bonds. The minimum Gasteiger partial charge on any atom is -0.366 e. The van der Waals surface area contributed by atoms with E-state index in [1.165, 1.54) is 0 Å². The summed E-state index contributed by atoms with van der Waals surface area (Å²) in [7, 11) is 0. The second kappa shape index (κ2) is 6.74. The third-order valence-electron chi connectivity index (χ3n) is 4.58. The lowest BCUT2D eigenvalue weighted by Crippen LogP contribution is -2.28. The molecule has 0 aliphatic carbocycles. The molecule has 2 aromatic heterocycles. The predicted octanol–water partition coefficient (Wildman–Crippen LogP) is 3.42. The monoisotopic (exact) mass is 355 g/mol. The number of hydrogen-bond acceptors (Lipinski definition) is 4. The van der Waals surface area contributed by atoms with E-state index in [1.807, 2.05) is 35.5 Å². The molecule has 0 saturated carbocycles. The SMILES string of the molecule is Cc1ccc(C2NC=CN2Cc2nc3cccnc3n2CCF)cc1F. The molecule has 0 saturated heterocycles. The molecule has 4 rings (SSSR count). The lowest BCUT2D eigenvalue weighted by atomic mass is 10.1. The summed E-state index contributed by atoms with van der Waals surface area (Å²) in [6.45, 7) is 1.91. The largest absolute Gasteiger partial charge is 0.366 e. The highest BCUT2D eigenvalue weighted by atomic mass is 19.1. The number of aryl methyl sites for hydroxylation is 2. The first-order valence-electron chi connectivity index (χ1n) is 8.48. The zero-order chi connectivity index (χ0) is 18.1. The van der Waals surface area contributed by atoms with Gasteiger partial charge in [0.2, 0.25) is 0 Å². The highest BCUT2D eigenvalue weighted by molar-refractivity contribution is 5.71. The van der Waals surface area contributed by atoms with Crippen LogP contribution in [0.25, 0.3) is 11.2 Å². The van der Waals surface area contributed by atoms with Gasteiger partial charge in [0.25, 0.3) is 0 Å².